The summed E-state index contributed by atoms with van der Waals surface area (Å²) in [7, 11) is 0. The standard InChI is InChI=1S/C15H26O/c1-10(2)12-7-8-15(4)13(12)9-11(3)5-6-14(15)16/h10,12-14,16H,3,5-9H2,1-2,4H3/t12-,13?,14?,15+/m0/s1. The van der Waals surface area contributed by atoms with Crippen LogP contribution >= 0.6 is 0 Å². The molecule has 0 bridgehead atoms. The van der Waals surface area contributed by atoms with E-state index in [0.717, 1.165) is 31.1 Å². The Labute approximate surface area is 99.9 Å². The smallest absolute Gasteiger partial charge is 0.0599 e. The Morgan fingerprint density at radius 1 is 1.38 bits per heavy atom. The molecule has 2 saturated carbocycles. The van der Waals surface area contributed by atoms with Crippen molar-refractivity contribution in [1.82, 2.24) is 0 Å². The molecule has 0 aromatic heterocycles. The number of rotatable bonds is 1. The lowest BCUT2D eigenvalue weighted by Gasteiger charge is -2.37. The minimum Gasteiger partial charge on any atom is -0.393 e. The monoisotopic (exact) mass is 222 g/mol. The highest BCUT2D eigenvalue weighted by Crippen LogP contribution is 2.56. The van der Waals surface area contributed by atoms with Gasteiger partial charge in [-0.2, -0.15) is 0 Å². The number of aliphatic hydroxyl groups excluding tert-OH is 1. The molecule has 2 unspecified atom stereocenters. The Balaban J connectivity index is 2.27. The maximum absolute atomic E-state index is 10.4. The molecule has 0 radical (unpaired) electrons. The summed E-state index contributed by atoms with van der Waals surface area (Å²) in [5.74, 6) is 2.19. The summed E-state index contributed by atoms with van der Waals surface area (Å²) >= 11 is 0. The topological polar surface area (TPSA) is 20.2 Å². The van der Waals surface area contributed by atoms with Crippen LogP contribution in [0, 0.1) is 23.2 Å². The first kappa shape index (κ1) is 12.2. The first-order chi connectivity index (χ1) is 7.45. The van der Waals surface area contributed by atoms with E-state index in [4.69, 9.17) is 0 Å². The van der Waals surface area contributed by atoms with Crippen molar-refractivity contribution in [3.8, 4) is 0 Å². The molecule has 0 spiro atoms. The van der Waals surface area contributed by atoms with Gasteiger partial charge in [-0.25, -0.2) is 0 Å². The lowest BCUT2D eigenvalue weighted by atomic mass is 9.70. The summed E-state index contributed by atoms with van der Waals surface area (Å²) < 4.78 is 0. The van der Waals surface area contributed by atoms with E-state index in [9.17, 15) is 5.11 Å². The Morgan fingerprint density at radius 2 is 2.06 bits per heavy atom. The fraction of sp³-hybridized carbons (Fsp3) is 0.867. The Hall–Kier alpha value is -0.300. The lowest BCUT2D eigenvalue weighted by Crippen LogP contribution is -2.36. The van der Waals surface area contributed by atoms with E-state index in [1.807, 2.05) is 0 Å². The van der Waals surface area contributed by atoms with Crippen molar-refractivity contribution in [2.75, 3.05) is 0 Å². The maximum atomic E-state index is 10.4. The highest BCUT2D eigenvalue weighted by molar-refractivity contribution is 5.09. The van der Waals surface area contributed by atoms with Gasteiger partial charge in [0.15, 0.2) is 0 Å². The molecule has 2 fully saturated rings. The highest BCUT2D eigenvalue weighted by atomic mass is 16.3. The molecule has 92 valence electrons. The second kappa shape index (κ2) is 4.18. The van der Waals surface area contributed by atoms with Crippen LogP contribution in [0.3, 0.4) is 0 Å². The van der Waals surface area contributed by atoms with Crippen LogP contribution in [0.25, 0.3) is 0 Å². The average Bonchev–Trinajstić information content (AvgIpc) is 2.49. The van der Waals surface area contributed by atoms with Gasteiger partial charge in [0.05, 0.1) is 6.10 Å². The van der Waals surface area contributed by atoms with Crippen molar-refractivity contribution >= 4 is 0 Å². The van der Waals surface area contributed by atoms with E-state index < -0.39 is 0 Å². The van der Waals surface area contributed by atoms with Crippen molar-refractivity contribution in [1.29, 1.82) is 0 Å². The first-order valence-corrected chi connectivity index (χ1v) is 6.80. The van der Waals surface area contributed by atoms with Crippen LogP contribution in [0.1, 0.15) is 52.9 Å². The van der Waals surface area contributed by atoms with Crippen LogP contribution in [0.2, 0.25) is 0 Å². The molecular weight excluding hydrogens is 196 g/mol. The van der Waals surface area contributed by atoms with Crippen LogP contribution in [-0.2, 0) is 0 Å². The van der Waals surface area contributed by atoms with E-state index in [1.54, 1.807) is 0 Å². The largest absolute Gasteiger partial charge is 0.393 e. The quantitative estimate of drug-likeness (QED) is 0.669. The Kier molecular flexibility index (Phi) is 3.18. The molecule has 2 rings (SSSR count). The predicted molar refractivity (Wildman–Crippen MR) is 68.2 cm³/mol. The number of allylic oxidation sites excluding steroid dienone is 1. The summed E-state index contributed by atoms with van der Waals surface area (Å²) in [4.78, 5) is 0. The minimum absolute atomic E-state index is 0.111. The first-order valence-electron chi connectivity index (χ1n) is 6.80. The molecule has 2 aliphatic rings. The molecule has 0 amide bonds. The highest BCUT2D eigenvalue weighted by Gasteiger charge is 2.50. The normalized spacial score (nSPS) is 44.6. The second-order valence-electron chi connectivity index (χ2n) is 6.57. The van der Waals surface area contributed by atoms with Gasteiger partial charge in [0.2, 0.25) is 0 Å². The van der Waals surface area contributed by atoms with Crippen LogP contribution < -0.4 is 0 Å². The third-order valence-corrected chi connectivity index (χ3v) is 5.28. The SMILES string of the molecule is C=C1CCC(O)[C@]2(C)CC[C@@H](C(C)C)C2C1. The van der Waals surface area contributed by atoms with Crippen molar-refractivity contribution in [3.63, 3.8) is 0 Å². The summed E-state index contributed by atoms with van der Waals surface area (Å²) in [5.41, 5.74) is 1.52. The van der Waals surface area contributed by atoms with Crippen LogP contribution in [0.5, 0.6) is 0 Å². The number of aliphatic hydroxyl groups is 1. The molecule has 4 atom stereocenters. The number of hydrogen-bond acceptors (Lipinski definition) is 1. The van der Waals surface area contributed by atoms with E-state index >= 15 is 0 Å². The van der Waals surface area contributed by atoms with Crippen LogP contribution in [-0.4, -0.2) is 11.2 Å². The molecule has 0 aliphatic heterocycles. The van der Waals surface area contributed by atoms with Gasteiger partial charge in [0, 0.05) is 0 Å². The van der Waals surface area contributed by atoms with Gasteiger partial charge in [0.25, 0.3) is 0 Å². The van der Waals surface area contributed by atoms with Crippen molar-refractivity contribution < 1.29 is 5.11 Å². The molecular formula is C15H26O. The third-order valence-electron chi connectivity index (χ3n) is 5.28. The van der Waals surface area contributed by atoms with Gasteiger partial charge in [-0.15, -0.1) is 0 Å². The summed E-state index contributed by atoms with van der Waals surface area (Å²) in [6.07, 6.45) is 5.49. The van der Waals surface area contributed by atoms with E-state index in [1.165, 1.54) is 18.4 Å². The fourth-order valence-electron chi connectivity index (χ4n) is 4.03. The van der Waals surface area contributed by atoms with Gasteiger partial charge in [-0.1, -0.05) is 32.9 Å². The van der Waals surface area contributed by atoms with Gasteiger partial charge in [0.1, 0.15) is 0 Å². The molecule has 2 aliphatic carbocycles. The van der Waals surface area contributed by atoms with E-state index in [0.29, 0.717) is 5.92 Å². The van der Waals surface area contributed by atoms with Gasteiger partial charge in [-0.3, -0.25) is 0 Å². The molecule has 0 aromatic carbocycles. The third kappa shape index (κ3) is 1.84. The molecule has 0 aromatic rings. The second-order valence-corrected chi connectivity index (χ2v) is 6.57. The average molecular weight is 222 g/mol. The summed E-state index contributed by atoms with van der Waals surface area (Å²) in [6.45, 7) is 11.2. The zero-order valence-electron chi connectivity index (χ0n) is 11.0. The lowest BCUT2D eigenvalue weighted by molar-refractivity contribution is 0.000369. The van der Waals surface area contributed by atoms with Crippen molar-refractivity contribution in [3.05, 3.63) is 12.2 Å². The van der Waals surface area contributed by atoms with E-state index in [-0.39, 0.29) is 11.5 Å². The van der Waals surface area contributed by atoms with Crippen LogP contribution in [0.4, 0.5) is 0 Å². The minimum atomic E-state index is -0.111. The summed E-state index contributed by atoms with van der Waals surface area (Å²) in [5, 5.41) is 10.4. The number of fused-ring (bicyclic) bond motifs is 1. The van der Waals surface area contributed by atoms with Gasteiger partial charge >= 0.3 is 0 Å². The molecule has 16 heavy (non-hydrogen) atoms. The number of hydrogen-bond donors (Lipinski definition) is 1. The summed E-state index contributed by atoms with van der Waals surface area (Å²) in [6, 6.07) is 0. The zero-order chi connectivity index (χ0) is 11.9. The Bertz CT molecular complexity index is 281. The molecule has 0 saturated heterocycles. The fourth-order valence-corrected chi connectivity index (χ4v) is 4.03. The Morgan fingerprint density at radius 3 is 2.69 bits per heavy atom. The molecule has 1 nitrogen and oxygen atoms in total. The molecule has 1 heteroatoms. The predicted octanol–water partition coefficient (Wildman–Crippen LogP) is 3.78. The maximum Gasteiger partial charge on any atom is 0.0599 e. The van der Waals surface area contributed by atoms with Gasteiger partial charge in [-0.05, 0) is 55.3 Å². The molecule has 1 N–H and O–H groups in total. The van der Waals surface area contributed by atoms with Crippen LogP contribution in [0.15, 0.2) is 12.2 Å². The molecule has 0 heterocycles. The van der Waals surface area contributed by atoms with E-state index in [2.05, 4.69) is 27.4 Å². The van der Waals surface area contributed by atoms with Crippen molar-refractivity contribution in [2.24, 2.45) is 23.2 Å². The zero-order valence-corrected chi connectivity index (χ0v) is 11.0. The van der Waals surface area contributed by atoms with Gasteiger partial charge < -0.3 is 5.11 Å². The van der Waals surface area contributed by atoms with Crippen molar-refractivity contribution in [2.45, 2.75) is 59.0 Å².